The van der Waals surface area contributed by atoms with Gasteiger partial charge in [0.05, 0.1) is 0 Å². The van der Waals surface area contributed by atoms with Gasteiger partial charge in [-0.25, -0.2) is 0 Å². The summed E-state index contributed by atoms with van der Waals surface area (Å²) >= 11 is 1.68. The zero-order valence-corrected chi connectivity index (χ0v) is 14.8. The minimum Gasteiger partial charge on any atom is -0.315 e. The van der Waals surface area contributed by atoms with Crippen LogP contribution in [0.4, 0.5) is 0 Å². The monoisotopic (exact) mass is 323 g/mol. The van der Waals surface area contributed by atoms with E-state index in [1.807, 2.05) is 20.1 Å². The van der Waals surface area contributed by atoms with Crippen molar-refractivity contribution in [2.45, 2.75) is 45.2 Å². The zero-order valence-electron chi connectivity index (χ0n) is 13.1. The highest BCUT2D eigenvalue weighted by molar-refractivity contribution is 7.98. The summed E-state index contributed by atoms with van der Waals surface area (Å²) in [6.07, 6.45) is 5.04. The number of rotatable bonds is 8. The number of hydrogen-bond donors (Lipinski definition) is 1. The summed E-state index contributed by atoms with van der Waals surface area (Å²) in [4.78, 5) is 0. The van der Waals surface area contributed by atoms with Gasteiger partial charge in [0.2, 0.25) is 0 Å². The third-order valence-corrected chi connectivity index (χ3v) is 6.87. The predicted molar refractivity (Wildman–Crippen MR) is 87.4 cm³/mol. The van der Waals surface area contributed by atoms with E-state index in [0.29, 0.717) is 6.54 Å². The fourth-order valence-electron chi connectivity index (χ4n) is 2.53. The maximum absolute atomic E-state index is 12.8. The van der Waals surface area contributed by atoms with Crippen LogP contribution in [0.15, 0.2) is 0 Å². The third kappa shape index (κ3) is 4.59. The van der Waals surface area contributed by atoms with Crippen LogP contribution in [0.3, 0.4) is 0 Å². The second kappa shape index (κ2) is 8.58. The van der Waals surface area contributed by atoms with Gasteiger partial charge in [0.1, 0.15) is 0 Å². The molecule has 0 aromatic heterocycles. The molecule has 120 valence electrons. The molecule has 1 aliphatic rings. The molecule has 0 aromatic carbocycles. The molecule has 1 rings (SSSR count). The van der Waals surface area contributed by atoms with E-state index in [0.717, 1.165) is 38.1 Å². The summed E-state index contributed by atoms with van der Waals surface area (Å²) in [7, 11) is -1.65. The number of piperidine rings is 1. The van der Waals surface area contributed by atoms with Crippen LogP contribution in [0.5, 0.6) is 0 Å². The normalized spacial score (nSPS) is 23.1. The van der Waals surface area contributed by atoms with E-state index in [9.17, 15) is 8.42 Å². The largest absolute Gasteiger partial charge is 0.315 e. The van der Waals surface area contributed by atoms with E-state index in [1.165, 1.54) is 4.31 Å². The molecular weight excluding hydrogens is 294 g/mol. The van der Waals surface area contributed by atoms with Gasteiger partial charge in [-0.1, -0.05) is 13.3 Å². The average molecular weight is 324 g/mol. The van der Waals surface area contributed by atoms with Crippen molar-refractivity contribution in [1.82, 2.24) is 13.9 Å². The minimum atomic E-state index is -3.35. The number of thioether (sulfide) groups is 1. The SMILES string of the molecule is CCNCC1CCCCN1S(=O)(=O)N(C)C(C)CSC. The van der Waals surface area contributed by atoms with E-state index in [2.05, 4.69) is 5.32 Å². The molecule has 0 aliphatic carbocycles. The minimum absolute atomic E-state index is 0.0247. The fourth-order valence-corrected chi connectivity index (χ4v) is 5.11. The highest BCUT2D eigenvalue weighted by Gasteiger charge is 2.36. The molecule has 0 bridgehead atoms. The molecule has 5 nitrogen and oxygen atoms in total. The molecule has 2 unspecified atom stereocenters. The summed E-state index contributed by atoms with van der Waals surface area (Å²) in [6, 6.07) is 0.120. The Bertz CT molecular complexity index is 376. The van der Waals surface area contributed by atoms with E-state index >= 15 is 0 Å². The Morgan fingerprint density at radius 1 is 1.45 bits per heavy atom. The molecule has 0 radical (unpaired) electrons. The van der Waals surface area contributed by atoms with Crippen molar-refractivity contribution in [1.29, 1.82) is 0 Å². The lowest BCUT2D eigenvalue weighted by molar-refractivity contribution is 0.226. The Hall–Kier alpha value is 0.180. The van der Waals surface area contributed by atoms with Crippen LogP contribution in [0.25, 0.3) is 0 Å². The van der Waals surface area contributed by atoms with Crippen LogP contribution in [-0.4, -0.2) is 67.8 Å². The summed E-state index contributed by atoms with van der Waals surface area (Å²) in [6.45, 7) is 6.30. The Kier molecular flexibility index (Phi) is 7.82. The molecule has 1 fully saturated rings. The van der Waals surface area contributed by atoms with Crippen molar-refractivity contribution in [2.75, 3.05) is 38.7 Å². The Balaban J connectivity index is 2.81. The second-order valence-corrected chi connectivity index (χ2v) is 8.25. The average Bonchev–Trinajstić information content (AvgIpc) is 2.44. The predicted octanol–water partition coefficient (Wildman–Crippen LogP) is 1.38. The van der Waals surface area contributed by atoms with Crippen molar-refractivity contribution in [3.8, 4) is 0 Å². The molecule has 1 saturated heterocycles. The van der Waals surface area contributed by atoms with Crippen molar-refractivity contribution in [2.24, 2.45) is 0 Å². The van der Waals surface area contributed by atoms with Crippen LogP contribution in [0.1, 0.15) is 33.1 Å². The van der Waals surface area contributed by atoms with Gasteiger partial charge in [0, 0.05) is 38.0 Å². The molecular formula is C13H29N3O2S2. The lowest BCUT2D eigenvalue weighted by atomic mass is 10.1. The maximum atomic E-state index is 12.8. The van der Waals surface area contributed by atoms with Crippen molar-refractivity contribution < 1.29 is 8.42 Å². The van der Waals surface area contributed by atoms with Gasteiger partial charge in [0.25, 0.3) is 10.2 Å². The Morgan fingerprint density at radius 3 is 2.75 bits per heavy atom. The molecule has 2 atom stereocenters. The smallest absolute Gasteiger partial charge is 0.282 e. The first-order valence-corrected chi connectivity index (χ1v) is 10.2. The summed E-state index contributed by atoms with van der Waals surface area (Å²) in [5.74, 6) is 0.821. The van der Waals surface area contributed by atoms with Gasteiger partial charge in [-0.3, -0.25) is 0 Å². The first kappa shape index (κ1) is 18.2. The summed E-state index contributed by atoms with van der Waals surface area (Å²) in [5, 5.41) is 3.28. The van der Waals surface area contributed by atoms with E-state index in [-0.39, 0.29) is 12.1 Å². The molecule has 0 amide bonds. The molecule has 1 aliphatic heterocycles. The van der Waals surface area contributed by atoms with Gasteiger partial charge in [-0.2, -0.15) is 28.8 Å². The Labute approximate surface area is 128 Å². The lowest BCUT2D eigenvalue weighted by Crippen LogP contribution is -2.54. The first-order valence-electron chi connectivity index (χ1n) is 7.39. The lowest BCUT2D eigenvalue weighted by Gasteiger charge is -2.38. The number of hydrogen-bond acceptors (Lipinski definition) is 4. The van der Waals surface area contributed by atoms with Gasteiger partial charge < -0.3 is 5.32 Å². The molecule has 0 spiro atoms. The van der Waals surface area contributed by atoms with Crippen LogP contribution >= 0.6 is 11.8 Å². The number of likely N-dealkylation sites (N-methyl/N-ethyl adjacent to an activating group) is 1. The third-order valence-electron chi connectivity index (χ3n) is 3.89. The van der Waals surface area contributed by atoms with Crippen molar-refractivity contribution >= 4 is 22.0 Å². The van der Waals surface area contributed by atoms with Crippen LogP contribution in [0, 0.1) is 0 Å². The quantitative estimate of drug-likeness (QED) is 0.733. The standard InChI is InChI=1S/C13H29N3O2S2/c1-5-14-10-13-8-6-7-9-16(13)20(17,18)15(3)12(2)11-19-4/h12-14H,5-11H2,1-4H3. The topological polar surface area (TPSA) is 52.7 Å². The van der Waals surface area contributed by atoms with Gasteiger partial charge >= 0.3 is 0 Å². The van der Waals surface area contributed by atoms with Crippen molar-refractivity contribution in [3.63, 3.8) is 0 Å². The van der Waals surface area contributed by atoms with Crippen LogP contribution < -0.4 is 5.32 Å². The van der Waals surface area contributed by atoms with Crippen LogP contribution in [0.2, 0.25) is 0 Å². The van der Waals surface area contributed by atoms with Crippen molar-refractivity contribution in [3.05, 3.63) is 0 Å². The molecule has 1 N–H and O–H groups in total. The highest BCUT2D eigenvalue weighted by Crippen LogP contribution is 2.23. The second-order valence-electron chi connectivity index (χ2n) is 5.40. The zero-order chi connectivity index (χ0) is 15.2. The van der Waals surface area contributed by atoms with Gasteiger partial charge in [-0.05, 0) is 32.6 Å². The van der Waals surface area contributed by atoms with Gasteiger partial charge in [-0.15, -0.1) is 0 Å². The molecule has 0 aromatic rings. The molecule has 1 heterocycles. The van der Waals surface area contributed by atoms with E-state index in [4.69, 9.17) is 0 Å². The summed E-state index contributed by atoms with van der Waals surface area (Å²) in [5.41, 5.74) is 0. The van der Waals surface area contributed by atoms with Gasteiger partial charge in [0.15, 0.2) is 0 Å². The Morgan fingerprint density at radius 2 is 2.15 bits per heavy atom. The summed E-state index contributed by atoms with van der Waals surface area (Å²) < 4.78 is 28.8. The fraction of sp³-hybridized carbons (Fsp3) is 1.00. The maximum Gasteiger partial charge on any atom is 0.282 e. The number of nitrogens with one attached hydrogen (secondary N) is 1. The first-order chi connectivity index (χ1) is 9.45. The highest BCUT2D eigenvalue weighted by atomic mass is 32.2. The van der Waals surface area contributed by atoms with E-state index < -0.39 is 10.2 Å². The van der Waals surface area contributed by atoms with E-state index in [1.54, 1.807) is 23.1 Å². The van der Waals surface area contributed by atoms with Crippen LogP contribution in [-0.2, 0) is 10.2 Å². The molecule has 20 heavy (non-hydrogen) atoms. The number of nitrogens with zero attached hydrogens (tertiary/aromatic N) is 2. The molecule has 0 saturated carbocycles. The molecule has 7 heteroatoms.